The van der Waals surface area contributed by atoms with Crippen LogP contribution < -0.4 is 11.1 Å². The zero-order valence-electron chi connectivity index (χ0n) is 8.24. The number of hydrogen-bond acceptors (Lipinski definition) is 5. The number of halogens is 2. The maximum Gasteiger partial charge on any atom is 0.243 e. The lowest BCUT2D eigenvalue weighted by atomic mass is 10.4. The van der Waals surface area contributed by atoms with Gasteiger partial charge in [0.1, 0.15) is 6.61 Å². The molecular formula is C8H10Cl2N4O2. The molecule has 0 aliphatic rings. The average molecular weight is 265 g/mol. The van der Waals surface area contributed by atoms with Crippen LogP contribution in [0.2, 0.25) is 10.3 Å². The molecule has 1 aromatic heterocycles. The normalized spacial score (nSPS) is 10.1. The van der Waals surface area contributed by atoms with E-state index < -0.39 is 5.91 Å². The van der Waals surface area contributed by atoms with Crippen LogP contribution in [0.25, 0.3) is 0 Å². The lowest BCUT2D eigenvalue weighted by Crippen LogP contribution is -2.20. The topological polar surface area (TPSA) is 90.1 Å². The van der Waals surface area contributed by atoms with Gasteiger partial charge in [0.05, 0.1) is 12.3 Å². The highest BCUT2D eigenvalue weighted by Gasteiger charge is 2.03. The SMILES string of the molecule is NC(=O)COCCNc1cc(Cl)nnc1Cl. The molecule has 88 valence electrons. The first-order chi connectivity index (χ1) is 7.59. The van der Waals surface area contributed by atoms with E-state index in [1.165, 1.54) is 0 Å². The van der Waals surface area contributed by atoms with Crippen LogP contribution in [0.5, 0.6) is 0 Å². The minimum atomic E-state index is -0.508. The monoisotopic (exact) mass is 264 g/mol. The number of rotatable bonds is 6. The molecule has 0 bridgehead atoms. The van der Waals surface area contributed by atoms with Gasteiger partial charge in [-0.1, -0.05) is 23.2 Å². The Morgan fingerprint density at radius 2 is 2.25 bits per heavy atom. The zero-order valence-corrected chi connectivity index (χ0v) is 9.75. The maximum absolute atomic E-state index is 10.4. The molecule has 1 rings (SSSR count). The van der Waals surface area contributed by atoms with Gasteiger partial charge in [-0.05, 0) is 0 Å². The summed E-state index contributed by atoms with van der Waals surface area (Å²) in [4.78, 5) is 10.4. The Balaban J connectivity index is 2.31. The van der Waals surface area contributed by atoms with Gasteiger partial charge in [0.15, 0.2) is 10.3 Å². The van der Waals surface area contributed by atoms with E-state index in [1.54, 1.807) is 6.07 Å². The first-order valence-corrected chi connectivity index (χ1v) is 5.14. The number of nitrogens with two attached hydrogens (primary N) is 1. The number of primary amides is 1. The van der Waals surface area contributed by atoms with Gasteiger partial charge in [0.25, 0.3) is 0 Å². The molecule has 1 amide bonds. The Hall–Kier alpha value is -1.11. The summed E-state index contributed by atoms with van der Waals surface area (Å²) in [5, 5.41) is 10.6. The Morgan fingerprint density at radius 1 is 1.50 bits per heavy atom. The molecule has 0 radical (unpaired) electrons. The number of carbonyl (C=O) groups excluding carboxylic acids is 1. The number of nitrogens with one attached hydrogen (secondary N) is 1. The number of anilines is 1. The fraction of sp³-hybridized carbons (Fsp3) is 0.375. The Bertz CT molecular complexity index is 375. The van der Waals surface area contributed by atoms with Gasteiger partial charge in [-0.2, -0.15) is 0 Å². The summed E-state index contributed by atoms with van der Waals surface area (Å²) in [5.41, 5.74) is 5.45. The molecule has 0 unspecified atom stereocenters. The van der Waals surface area contributed by atoms with Crippen molar-refractivity contribution in [2.45, 2.75) is 0 Å². The van der Waals surface area contributed by atoms with E-state index >= 15 is 0 Å². The van der Waals surface area contributed by atoms with Crippen LogP contribution >= 0.6 is 23.2 Å². The molecule has 0 spiro atoms. The lowest BCUT2D eigenvalue weighted by Gasteiger charge is -2.07. The van der Waals surface area contributed by atoms with Crippen molar-refractivity contribution in [1.82, 2.24) is 10.2 Å². The number of ether oxygens (including phenoxy) is 1. The number of nitrogens with zero attached hydrogens (tertiary/aromatic N) is 2. The number of hydrogen-bond donors (Lipinski definition) is 2. The highest BCUT2D eigenvalue weighted by Crippen LogP contribution is 2.20. The first kappa shape index (κ1) is 13.0. The summed E-state index contributed by atoms with van der Waals surface area (Å²) in [7, 11) is 0. The summed E-state index contributed by atoms with van der Waals surface area (Å²) in [6, 6.07) is 1.55. The van der Waals surface area contributed by atoms with Gasteiger partial charge in [0, 0.05) is 12.6 Å². The number of amides is 1. The molecule has 0 atom stereocenters. The lowest BCUT2D eigenvalue weighted by molar-refractivity contribution is -0.122. The van der Waals surface area contributed by atoms with Gasteiger partial charge in [-0.3, -0.25) is 4.79 Å². The third-order valence-corrected chi connectivity index (χ3v) is 1.99. The highest BCUT2D eigenvalue weighted by atomic mass is 35.5. The molecule has 3 N–H and O–H groups in total. The third kappa shape index (κ3) is 4.61. The van der Waals surface area contributed by atoms with Gasteiger partial charge in [-0.15, -0.1) is 10.2 Å². The summed E-state index contributed by atoms with van der Waals surface area (Å²) in [5.74, 6) is -0.508. The van der Waals surface area contributed by atoms with Crippen LogP contribution in [0.4, 0.5) is 5.69 Å². The van der Waals surface area contributed by atoms with E-state index in [2.05, 4.69) is 15.5 Å². The standard InChI is InChI=1S/C8H10Cl2N4O2/c9-6-3-5(8(10)14-13-6)12-1-2-16-4-7(11)15/h3H,1-2,4H2,(H2,11,15)(H,12,13). The van der Waals surface area contributed by atoms with Crippen molar-refractivity contribution in [3.05, 3.63) is 16.4 Å². The minimum Gasteiger partial charge on any atom is -0.380 e. The van der Waals surface area contributed by atoms with Crippen molar-refractivity contribution in [2.75, 3.05) is 25.1 Å². The van der Waals surface area contributed by atoms with Crippen molar-refractivity contribution >= 4 is 34.8 Å². The van der Waals surface area contributed by atoms with Crippen LogP contribution in [-0.2, 0) is 9.53 Å². The van der Waals surface area contributed by atoms with Crippen molar-refractivity contribution in [1.29, 1.82) is 0 Å². The zero-order chi connectivity index (χ0) is 12.0. The maximum atomic E-state index is 10.4. The van der Waals surface area contributed by atoms with Crippen LogP contribution in [0.3, 0.4) is 0 Å². The first-order valence-electron chi connectivity index (χ1n) is 4.38. The summed E-state index contributed by atoms with van der Waals surface area (Å²) < 4.78 is 4.94. The summed E-state index contributed by atoms with van der Waals surface area (Å²) >= 11 is 11.4. The Labute approximate surface area is 102 Å². The molecule has 0 aromatic carbocycles. The predicted molar refractivity (Wildman–Crippen MR) is 60.6 cm³/mol. The largest absolute Gasteiger partial charge is 0.380 e. The second kappa shape index (κ2) is 6.47. The molecule has 0 aliphatic carbocycles. The van der Waals surface area contributed by atoms with Crippen LogP contribution in [0, 0.1) is 0 Å². The molecule has 0 saturated carbocycles. The van der Waals surface area contributed by atoms with Gasteiger partial charge in [0.2, 0.25) is 5.91 Å². The quantitative estimate of drug-likeness (QED) is 0.739. The number of carbonyl (C=O) groups is 1. The molecule has 16 heavy (non-hydrogen) atoms. The van der Waals surface area contributed by atoms with E-state index in [1.807, 2.05) is 0 Å². The summed E-state index contributed by atoms with van der Waals surface area (Å²) in [6.07, 6.45) is 0. The fourth-order valence-corrected chi connectivity index (χ4v) is 1.21. The Morgan fingerprint density at radius 3 is 2.94 bits per heavy atom. The number of aromatic nitrogens is 2. The Kier molecular flexibility index (Phi) is 5.24. The molecule has 0 aliphatic heterocycles. The molecule has 8 heteroatoms. The van der Waals surface area contributed by atoms with Crippen molar-refractivity contribution < 1.29 is 9.53 Å². The average Bonchev–Trinajstić information content (AvgIpc) is 2.22. The van der Waals surface area contributed by atoms with Crippen LogP contribution in [0.15, 0.2) is 6.07 Å². The fourth-order valence-electron chi connectivity index (χ4n) is 0.908. The van der Waals surface area contributed by atoms with Gasteiger partial charge in [-0.25, -0.2) is 0 Å². The second-order valence-corrected chi connectivity index (χ2v) is 3.56. The second-order valence-electron chi connectivity index (χ2n) is 2.82. The van der Waals surface area contributed by atoms with Gasteiger partial charge >= 0.3 is 0 Å². The molecular weight excluding hydrogens is 255 g/mol. The molecule has 6 nitrogen and oxygen atoms in total. The van der Waals surface area contributed by atoms with E-state index in [-0.39, 0.29) is 16.9 Å². The smallest absolute Gasteiger partial charge is 0.243 e. The third-order valence-electron chi connectivity index (χ3n) is 1.53. The highest BCUT2D eigenvalue weighted by molar-refractivity contribution is 6.33. The molecule has 0 saturated heterocycles. The van der Waals surface area contributed by atoms with Crippen molar-refractivity contribution in [3.8, 4) is 0 Å². The van der Waals surface area contributed by atoms with Crippen LogP contribution in [0.1, 0.15) is 0 Å². The summed E-state index contributed by atoms with van der Waals surface area (Å²) in [6.45, 7) is 0.666. The van der Waals surface area contributed by atoms with Crippen molar-refractivity contribution in [3.63, 3.8) is 0 Å². The molecule has 0 fully saturated rings. The van der Waals surface area contributed by atoms with E-state index in [0.29, 0.717) is 18.8 Å². The van der Waals surface area contributed by atoms with E-state index in [9.17, 15) is 4.79 Å². The molecule has 1 heterocycles. The van der Waals surface area contributed by atoms with Crippen molar-refractivity contribution in [2.24, 2.45) is 5.73 Å². The predicted octanol–water partition coefficient (Wildman–Crippen LogP) is 0.697. The molecule has 1 aromatic rings. The minimum absolute atomic E-state index is 0.106. The van der Waals surface area contributed by atoms with E-state index in [0.717, 1.165) is 0 Å². The van der Waals surface area contributed by atoms with Gasteiger partial charge < -0.3 is 15.8 Å². The van der Waals surface area contributed by atoms with Crippen LogP contribution in [-0.4, -0.2) is 35.9 Å². The van der Waals surface area contributed by atoms with E-state index in [4.69, 9.17) is 33.7 Å².